The van der Waals surface area contributed by atoms with Crippen LogP contribution < -0.4 is 19.5 Å². The molecule has 0 aliphatic carbocycles. The molecule has 4 rings (SSSR count). The van der Waals surface area contributed by atoms with Crippen molar-refractivity contribution in [3.8, 4) is 28.4 Å². The average Bonchev–Trinajstić information content (AvgIpc) is 3.32. The number of H-pyrrole nitrogens is 1. The zero-order valence-corrected chi connectivity index (χ0v) is 17.9. The first-order valence-corrected chi connectivity index (χ1v) is 10.3. The summed E-state index contributed by atoms with van der Waals surface area (Å²) in [5.74, 6) is 0.478. The van der Waals surface area contributed by atoms with Crippen LogP contribution in [0.2, 0.25) is 0 Å². The molecule has 2 N–H and O–H groups in total. The lowest BCUT2D eigenvalue weighted by Gasteiger charge is -2.26. The van der Waals surface area contributed by atoms with Crippen molar-refractivity contribution in [1.82, 2.24) is 15.1 Å². The van der Waals surface area contributed by atoms with E-state index in [9.17, 15) is 9.18 Å². The molecule has 8 nitrogen and oxygen atoms in total. The van der Waals surface area contributed by atoms with Crippen molar-refractivity contribution in [3.63, 3.8) is 0 Å². The van der Waals surface area contributed by atoms with Gasteiger partial charge in [-0.05, 0) is 38.7 Å². The number of nitrogens with one attached hydrogen (secondary N) is 2. The smallest absolute Gasteiger partial charge is 0.269 e. The van der Waals surface area contributed by atoms with Crippen molar-refractivity contribution in [2.45, 2.75) is 12.5 Å². The Hall–Kier alpha value is -3.59. The molecular formula is C23H25FN4O4. The minimum Gasteiger partial charge on any atom is -0.491 e. The number of hydrogen-bond donors (Lipinski definition) is 2. The second-order valence-corrected chi connectivity index (χ2v) is 7.67. The maximum atomic E-state index is 14.9. The molecule has 3 aromatic rings. The average molecular weight is 440 g/mol. The van der Waals surface area contributed by atoms with E-state index in [1.165, 1.54) is 12.3 Å². The number of amides is 1. The van der Waals surface area contributed by atoms with Crippen LogP contribution in [0.3, 0.4) is 0 Å². The van der Waals surface area contributed by atoms with Gasteiger partial charge in [0.15, 0.2) is 11.5 Å². The van der Waals surface area contributed by atoms with Crippen molar-refractivity contribution >= 4 is 11.6 Å². The number of aromatic nitrogens is 2. The van der Waals surface area contributed by atoms with E-state index >= 15 is 0 Å². The summed E-state index contributed by atoms with van der Waals surface area (Å²) in [6.45, 7) is 1.30. The number of halogens is 1. The Labute approximate surface area is 185 Å². The van der Waals surface area contributed by atoms with Gasteiger partial charge in [-0.1, -0.05) is 12.1 Å². The third kappa shape index (κ3) is 5.00. The van der Waals surface area contributed by atoms with Gasteiger partial charge < -0.3 is 24.4 Å². The summed E-state index contributed by atoms with van der Waals surface area (Å²) in [6, 6.07) is 9.94. The third-order valence-corrected chi connectivity index (χ3v) is 4.94. The molecule has 9 heteroatoms. The number of fused-ring (bicyclic) bond motifs is 1. The Morgan fingerprint density at radius 3 is 2.88 bits per heavy atom. The Bertz CT molecular complexity index is 1070. The van der Waals surface area contributed by atoms with Crippen molar-refractivity contribution in [2.24, 2.45) is 0 Å². The monoisotopic (exact) mass is 440 g/mol. The molecule has 2 aromatic carbocycles. The number of aromatic amines is 1. The fourth-order valence-electron chi connectivity index (χ4n) is 3.31. The SMILES string of the molecule is CN(C)CCCOc1cc(-c2cn[nH]c2)c(F)cc1NC(=O)C1COc2ccccc2O1. The zero-order chi connectivity index (χ0) is 22.5. The van der Waals surface area contributed by atoms with Gasteiger partial charge in [0, 0.05) is 29.9 Å². The van der Waals surface area contributed by atoms with E-state index in [0.29, 0.717) is 35.0 Å². The van der Waals surface area contributed by atoms with Crippen molar-refractivity contribution in [1.29, 1.82) is 0 Å². The summed E-state index contributed by atoms with van der Waals surface area (Å²) in [5, 5.41) is 9.28. The van der Waals surface area contributed by atoms with Gasteiger partial charge in [-0.25, -0.2) is 4.39 Å². The molecule has 0 radical (unpaired) electrons. The fourth-order valence-corrected chi connectivity index (χ4v) is 3.31. The number of benzene rings is 2. The van der Waals surface area contributed by atoms with E-state index in [2.05, 4.69) is 15.5 Å². The lowest BCUT2D eigenvalue weighted by atomic mass is 10.1. The fraction of sp³-hybridized carbons (Fsp3) is 0.304. The summed E-state index contributed by atoms with van der Waals surface area (Å²) < 4.78 is 32.1. The maximum absolute atomic E-state index is 14.9. The molecule has 1 aromatic heterocycles. The van der Waals surface area contributed by atoms with Gasteiger partial charge in [-0.2, -0.15) is 5.10 Å². The lowest BCUT2D eigenvalue weighted by molar-refractivity contribution is -0.125. The Kier molecular flexibility index (Phi) is 6.55. The topological polar surface area (TPSA) is 88.7 Å². The number of nitrogens with zero attached hydrogens (tertiary/aromatic N) is 2. The lowest BCUT2D eigenvalue weighted by Crippen LogP contribution is -2.40. The maximum Gasteiger partial charge on any atom is 0.269 e. The van der Waals surface area contributed by atoms with E-state index in [1.807, 2.05) is 25.1 Å². The minimum atomic E-state index is -0.872. The van der Waals surface area contributed by atoms with Crippen LogP contribution in [0.1, 0.15) is 6.42 Å². The molecule has 1 unspecified atom stereocenters. The molecule has 2 heterocycles. The molecule has 168 valence electrons. The largest absolute Gasteiger partial charge is 0.491 e. The summed E-state index contributed by atoms with van der Waals surface area (Å²) >= 11 is 0. The van der Waals surface area contributed by atoms with E-state index < -0.39 is 17.8 Å². The molecule has 0 spiro atoms. The molecule has 1 amide bonds. The quantitative estimate of drug-likeness (QED) is 0.523. The second kappa shape index (κ2) is 9.69. The van der Waals surface area contributed by atoms with Gasteiger partial charge in [0.1, 0.15) is 18.2 Å². The third-order valence-electron chi connectivity index (χ3n) is 4.94. The number of anilines is 1. The standard InChI is InChI=1S/C23H25FN4O4/c1-28(2)8-5-9-30-21-10-16(15-12-25-26-13-15)17(24)11-18(21)27-23(29)22-14-31-19-6-3-4-7-20(19)32-22/h3-4,6-7,10-13,22H,5,8-9,14H2,1-2H3,(H,25,26)(H,27,29). The highest BCUT2D eigenvalue weighted by Crippen LogP contribution is 2.35. The Balaban J connectivity index is 1.53. The molecule has 0 bridgehead atoms. The van der Waals surface area contributed by atoms with E-state index in [1.54, 1.807) is 30.5 Å². The van der Waals surface area contributed by atoms with Crippen LogP contribution in [-0.2, 0) is 4.79 Å². The predicted molar refractivity (Wildman–Crippen MR) is 118 cm³/mol. The number of ether oxygens (including phenoxy) is 3. The van der Waals surface area contributed by atoms with E-state index in [-0.39, 0.29) is 12.3 Å². The Morgan fingerprint density at radius 1 is 1.31 bits per heavy atom. The first kappa shape index (κ1) is 21.6. The molecule has 1 atom stereocenters. The van der Waals surface area contributed by atoms with Crippen LogP contribution in [0, 0.1) is 5.82 Å². The van der Waals surface area contributed by atoms with E-state index in [0.717, 1.165) is 13.0 Å². The number of carbonyl (C=O) groups is 1. The van der Waals surface area contributed by atoms with Crippen LogP contribution >= 0.6 is 0 Å². The molecule has 1 aliphatic rings. The first-order chi connectivity index (χ1) is 15.5. The van der Waals surface area contributed by atoms with E-state index in [4.69, 9.17) is 14.2 Å². The van der Waals surface area contributed by atoms with Crippen molar-refractivity contribution in [2.75, 3.05) is 39.2 Å². The van der Waals surface area contributed by atoms with Gasteiger partial charge in [0.2, 0.25) is 6.10 Å². The van der Waals surface area contributed by atoms with Gasteiger partial charge in [-0.3, -0.25) is 9.89 Å². The van der Waals surface area contributed by atoms with Crippen molar-refractivity contribution < 1.29 is 23.4 Å². The van der Waals surface area contributed by atoms with Crippen LogP contribution in [0.4, 0.5) is 10.1 Å². The normalized spacial score (nSPS) is 14.9. The van der Waals surface area contributed by atoms with Crippen LogP contribution in [-0.4, -0.2) is 61.0 Å². The van der Waals surface area contributed by atoms with Gasteiger partial charge in [0.05, 0.1) is 18.5 Å². The van der Waals surface area contributed by atoms with Gasteiger partial charge in [0.25, 0.3) is 5.91 Å². The summed E-state index contributed by atoms with van der Waals surface area (Å²) in [7, 11) is 3.95. The van der Waals surface area contributed by atoms with Crippen molar-refractivity contribution in [3.05, 3.63) is 54.6 Å². The summed E-state index contributed by atoms with van der Waals surface area (Å²) in [5.41, 5.74) is 1.14. The molecule has 1 aliphatic heterocycles. The molecule has 0 saturated heterocycles. The summed E-state index contributed by atoms with van der Waals surface area (Å²) in [6.07, 6.45) is 3.02. The zero-order valence-electron chi connectivity index (χ0n) is 17.9. The molecular weight excluding hydrogens is 415 g/mol. The first-order valence-electron chi connectivity index (χ1n) is 10.3. The van der Waals surface area contributed by atoms with Gasteiger partial charge in [-0.15, -0.1) is 0 Å². The number of rotatable bonds is 8. The molecule has 0 saturated carbocycles. The number of hydrogen-bond acceptors (Lipinski definition) is 6. The number of para-hydroxylation sites is 2. The Morgan fingerprint density at radius 2 is 2.12 bits per heavy atom. The highest BCUT2D eigenvalue weighted by molar-refractivity contribution is 5.96. The number of carbonyl (C=O) groups excluding carboxylic acids is 1. The highest BCUT2D eigenvalue weighted by Gasteiger charge is 2.28. The summed E-state index contributed by atoms with van der Waals surface area (Å²) in [4.78, 5) is 14.9. The predicted octanol–water partition coefficient (Wildman–Crippen LogP) is 3.32. The van der Waals surface area contributed by atoms with Crippen LogP contribution in [0.15, 0.2) is 48.8 Å². The molecule has 0 fully saturated rings. The van der Waals surface area contributed by atoms with Gasteiger partial charge >= 0.3 is 0 Å². The molecule has 32 heavy (non-hydrogen) atoms. The highest BCUT2D eigenvalue weighted by atomic mass is 19.1. The minimum absolute atomic E-state index is 0.0530. The van der Waals surface area contributed by atoms with Crippen LogP contribution in [0.25, 0.3) is 11.1 Å². The van der Waals surface area contributed by atoms with Crippen LogP contribution in [0.5, 0.6) is 17.2 Å². The second-order valence-electron chi connectivity index (χ2n) is 7.67.